The summed E-state index contributed by atoms with van der Waals surface area (Å²) in [6.07, 6.45) is 0.406. The van der Waals surface area contributed by atoms with Gasteiger partial charge < -0.3 is 10.6 Å². The molecule has 0 saturated heterocycles. The maximum Gasteiger partial charge on any atom is 0.271 e. The lowest BCUT2D eigenvalue weighted by atomic mass is 10.1. The van der Waals surface area contributed by atoms with E-state index in [-0.39, 0.29) is 36.4 Å². The smallest absolute Gasteiger partial charge is 0.271 e. The Kier molecular flexibility index (Phi) is 6.82. The van der Waals surface area contributed by atoms with E-state index in [4.69, 9.17) is 0 Å². The number of carbonyl (C=O) groups excluding carboxylic acids is 3. The molecule has 7 heteroatoms. The highest BCUT2D eigenvalue weighted by Gasteiger charge is 2.26. The molecule has 34 heavy (non-hydrogen) atoms. The van der Waals surface area contributed by atoms with Crippen LogP contribution in [0.1, 0.15) is 47.3 Å². The van der Waals surface area contributed by atoms with Gasteiger partial charge in [0.1, 0.15) is 5.71 Å². The van der Waals surface area contributed by atoms with Crippen LogP contribution in [0.15, 0.2) is 84.0 Å². The Morgan fingerprint density at radius 2 is 1.65 bits per heavy atom. The predicted octanol–water partition coefficient (Wildman–Crippen LogP) is 4.61. The van der Waals surface area contributed by atoms with Crippen molar-refractivity contribution in [3.05, 3.63) is 95.6 Å². The first-order valence-corrected chi connectivity index (χ1v) is 11.2. The summed E-state index contributed by atoms with van der Waals surface area (Å²) in [5.74, 6) is -0.910. The zero-order chi connectivity index (χ0) is 24.1. The number of nitrogens with zero attached hydrogens (tertiary/aromatic N) is 2. The number of benzene rings is 3. The molecule has 1 atom stereocenters. The molecule has 4 rings (SSSR count). The Morgan fingerprint density at radius 3 is 2.41 bits per heavy atom. The maximum atomic E-state index is 13.0. The monoisotopic (exact) mass is 454 g/mol. The molecule has 3 amide bonds. The molecule has 0 radical (unpaired) electrons. The summed E-state index contributed by atoms with van der Waals surface area (Å²) in [6.45, 7) is 3.83. The van der Waals surface area contributed by atoms with Crippen molar-refractivity contribution in [1.29, 1.82) is 0 Å². The summed E-state index contributed by atoms with van der Waals surface area (Å²) in [7, 11) is 0. The molecule has 3 aromatic rings. The second kappa shape index (κ2) is 10.1. The Morgan fingerprint density at radius 1 is 0.912 bits per heavy atom. The van der Waals surface area contributed by atoms with Gasteiger partial charge in [-0.25, -0.2) is 5.01 Å². The number of carbonyl (C=O) groups is 3. The number of nitrogens with one attached hydrogen (secondary N) is 2. The van der Waals surface area contributed by atoms with E-state index >= 15 is 0 Å². The standard InChI is InChI=1S/C27H26N4O3/c1-18-9-8-12-21(17-18)31-25(32)16-15-24(30-31)27(34)29-23-14-7-6-13-22(23)26(33)28-19(2)20-10-4-3-5-11-20/h3-14,17,19H,15-16H2,1-2H3,(H,28,33)(H,29,34). The molecular weight excluding hydrogens is 428 g/mol. The van der Waals surface area contributed by atoms with Crippen molar-refractivity contribution in [2.45, 2.75) is 32.7 Å². The number of anilines is 2. The zero-order valence-electron chi connectivity index (χ0n) is 19.1. The molecule has 0 aliphatic carbocycles. The first kappa shape index (κ1) is 22.9. The molecule has 3 aromatic carbocycles. The number of hydrogen-bond donors (Lipinski definition) is 2. The molecule has 0 aromatic heterocycles. The van der Waals surface area contributed by atoms with Gasteiger partial charge in [0.05, 0.1) is 23.0 Å². The van der Waals surface area contributed by atoms with E-state index in [0.29, 0.717) is 16.9 Å². The molecule has 0 spiro atoms. The van der Waals surface area contributed by atoms with Gasteiger partial charge in [0.2, 0.25) is 5.91 Å². The first-order valence-electron chi connectivity index (χ1n) is 11.2. The van der Waals surface area contributed by atoms with Crippen molar-refractivity contribution in [2.24, 2.45) is 5.10 Å². The van der Waals surface area contributed by atoms with Crippen molar-refractivity contribution in [1.82, 2.24) is 5.32 Å². The SMILES string of the molecule is Cc1cccc(N2N=C(C(=O)Nc3ccccc3C(=O)NC(C)c3ccccc3)CCC2=O)c1. The Balaban J connectivity index is 1.52. The van der Waals surface area contributed by atoms with E-state index in [9.17, 15) is 14.4 Å². The molecule has 0 saturated carbocycles. The highest BCUT2D eigenvalue weighted by atomic mass is 16.2. The van der Waals surface area contributed by atoms with E-state index in [1.165, 1.54) is 5.01 Å². The van der Waals surface area contributed by atoms with Gasteiger partial charge in [-0.15, -0.1) is 0 Å². The molecule has 2 N–H and O–H groups in total. The van der Waals surface area contributed by atoms with Crippen LogP contribution in [0, 0.1) is 6.92 Å². The summed E-state index contributed by atoms with van der Waals surface area (Å²) in [6, 6.07) is 23.7. The number of amides is 3. The number of para-hydroxylation sites is 1. The maximum absolute atomic E-state index is 13.0. The highest BCUT2D eigenvalue weighted by Crippen LogP contribution is 2.23. The fraction of sp³-hybridized carbons (Fsp3) is 0.185. The van der Waals surface area contributed by atoms with Crippen LogP contribution in [0.25, 0.3) is 0 Å². The van der Waals surface area contributed by atoms with Gasteiger partial charge in [-0.3, -0.25) is 14.4 Å². The number of hydrogen-bond acceptors (Lipinski definition) is 4. The van der Waals surface area contributed by atoms with Crippen LogP contribution in [-0.2, 0) is 9.59 Å². The lowest BCUT2D eigenvalue weighted by molar-refractivity contribution is -0.118. The van der Waals surface area contributed by atoms with Gasteiger partial charge >= 0.3 is 0 Å². The van der Waals surface area contributed by atoms with Crippen molar-refractivity contribution < 1.29 is 14.4 Å². The van der Waals surface area contributed by atoms with E-state index < -0.39 is 5.91 Å². The average molecular weight is 455 g/mol. The second-order valence-corrected chi connectivity index (χ2v) is 8.20. The van der Waals surface area contributed by atoms with Crippen LogP contribution in [0.3, 0.4) is 0 Å². The molecule has 0 bridgehead atoms. The molecule has 1 aliphatic rings. The van der Waals surface area contributed by atoms with Crippen LogP contribution in [-0.4, -0.2) is 23.4 Å². The van der Waals surface area contributed by atoms with Crippen LogP contribution in [0.2, 0.25) is 0 Å². The third kappa shape index (κ3) is 5.20. The predicted molar refractivity (Wildman–Crippen MR) is 133 cm³/mol. The zero-order valence-corrected chi connectivity index (χ0v) is 19.1. The lowest BCUT2D eigenvalue weighted by Crippen LogP contribution is -2.36. The molecule has 7 nitrogen and oxygen atoms in total. The van der Waals surface area contributed by atoms with E-state index in [0.717, 1.165) is 11.1 Å². The van der Waals surface area contributed by atoms with Crippen molar-refractivity contribution in [3.63, 3.8) is 0 Å². The fourth-order valence-electron chi connectivity index (χ4n) is 3.76. The quantitative estimate of drug-likeness (QED) is 0.570. The van der Waals surface area contributed by atoms with E-state index in [2.05, 4.69) is 15.7 Å². The van der Waals surface area contributed by atoms with Gasteiger partial charge in [-0.2, -0.15) is 5.10 Å². The summed E-state index contributed by atoms with van der Waals surface area (Å²) in [5, 5.41) is 11.4. The van der Waals surface area contributed by atoms with E-state index in [1.807, 2.05) is 62.4 Å². The largest absolute Gasteiger partial charge is 0.345 e. The lowest BCUT2D eigenvalue weighted by Gasteiger charge is -2.23. The third-order valence-electron chi connectivity index (χ3n) is 5.61. The van der Waals surface area contributed by atoms with Gasteiger partial charge in [0, 0.05) is 12.8 Å². The van der Waals surface area contributed by atoms with Crippen LogP contribution in [0.4, 0.5) is 11.4 Å². The minimum atomic E-state index is -0.443. The molecule has 1 aliphatic heterocycles. The highest BCUT2D eigenvalue weighted by molar-refractivity contribution is 6.44. The van der Waals surface area contributed by atoms with Gasteiger partial charge in [0.25, 0.3) is 11.8 Å². The molecule has 0 fully saturated rings. The topological polar surface area (TPSA) is 90.9 Å². The van der Waals surface area contributed by atoms with E-state index in [1.54, 1.807) is 30.3 Å². The van der Waals surface area contributed by atoms with Gasteiger partial charge in [-0.05, 0) is 49.2 Å². The minimum absolute atomic E-state index is 0.170. The minimum Gasteiger partial charge on any atom is -0.345 e. The Hall–Kier alpha value is -4.26. The van der Waals surface area contributed by atoms with Crippen molar-refractivity contribution in [3.8, 4) is 0 Å². The van der Waals surface area contributed by atoms with Crippen molar-refractivity contribution >= 4 is 34.8 Å². The molecule has 1 heterocycles. The molecular formula is C27H26N4O3. The molecule has 1 unspecified atom stereocenters. The Labute approximate surface area is 198 Å². The second-order valence-electron chi connectivity index (χ2n) is 8.20. The van der Waals surface area contributed by atoms with Gasteiger partial charge in [-0.1, -0.05) is 54.6 Å². The van der Waals surface area contributed by atoms with Crippen LogP contribution < -0.4 is 15.6 Å². The third-order valence-corrected chi connectivity index (χ3v) is 5.61. The van der Waals surface area contributed by atoms with Crippen molar-refractivity contribution in [2.75, 3.05) is 10.3 Å². The first-order chi connectivity index (χ1) is 16.4. The summed E-state index contributed by atoms with van der Waals surface area (Å²) >= 11 is 0. The fourth-order valence-corrected chi connectivity index (χ4v) is 3.76. The Bertz CT molecular complexity index is 1250. The summed E-state index contributed by atoms with van der Waals surface area (Å²) in [5.41, 5.74) is 3.55. The van der Waals surface area contributed by atoms with Crippen LogP contribution in [0.5, 0.6) is 0 Å². The summed E-state index contributed by atoms with van der Waals surface area (Å²) in [4.78, 5) is 38.4. The number of rotatable bonds is 6. The number of hydrazone groups is 1. The van der Waals surface area contributed by atoms with Gasteiger partial charge in [0.15, 0.2) is 0 Å². The summed E-state index contributed by atoms with van der Waals surface area (Å²) < 4.78 is 0. The normalized spacial score (nSPS) is 14.2. The van der Waals surface area contributed by atoms with Crippen LogP contribution >= 0.6 is 0 Å². The number of aryl methyl sites for hydroxylation is 1. The average Bonchev–Trinajstić information content (AvgIpc) is 2.85. The molecule has 172 valence electrons.